The molecule has 2 aromatic carbocycles. The van der Waals surface area contributed by atoms with Crippen LogP contribution in [0.3, 0.4) is 0 Å². The van der Waals surface area contributed by atoms with Gasteiger partial charge in [0.15, 0.2) is 5.11 Å². The van der Waals surface area contributed by atoms with Crippen LogP contribution in [0.5, 0.6) is 5.75 Å². The summed E-state index contributed by atoms with van der Waals surface area (Å²) in [5.41, 5.74) is 2.49. The number of thiocarbonyl (C=S) groups is 1. The van der Waals surface area contributed by atoms with Gasteiger partial charge in [-0.1, -0.05) is 25.1 Å². The Morgan fingerprint density at radius 1 is 1.26 bits per heavy atom. The zero-order valence-corrected chi connectivity index (χ0v) is 19.2. The van der Waals surface area contributed by atoms with Crippen molar-refractivity contribution in [3.63, 3.8) is 0 Å². The van der Waals surface area contributed by atoms with Gasteiger partial charge in [0.25, 0.3) is 5.91 Å². The Morgan fingerprint density at radius 3 is 2.67 bits per heavy atom. The fourth-order valence-electron chi connectivity index (χ4n) is 2.63. The predicted molar refractivity (Wildman–Crippen MR) is 123 cm³/mol. The molecule has 4 nitrogen and oxygen atoms in total. The number of ether oxygens (including phenoxy) is 1. The van der Waals surface area contributed by atoms with Crippen molar-refractivity contribution >= 4 is 67.8 Å². The molecule has 1 saturated heterocycles. The topological polar surface area (TPSA) is 41.6 Å². The maximum atomic E-state index is 12.4. The van der Waals surface area contributed by atoms with Crippen LogP contribution in [0.4, 0.5) is 0 Å². The number of nitrogens with one attached hydrogen (secondary N) is 1. The predicted octanol–water partition coefficient (Wildman–Crippen LogP) is 5.10. The number of carbonyl (C=O) groups excluding carboxylic acids is 1. The van der Waals surface area contributed by atoms with Gasteiger partial charge in [-0.3, -0.25) is 9.69 Å². The lowest BCUT2D eigenvalue weighted by Gasteiger charge is -2.11. The van der Waals surface area contributed by atoms with E-state index in [9.17, 15) is 4.79 Å². The van der Waals surface area contributed by atoms with E-state index in [4.69, 9.17) is 17.0 Å². The third-order valence-corrected chi connectivity index (χ3v) is 5.65. The second kappa shape index (κ2) is 9.16. The quantitative estimate of drug-likeness (QED) is 0.305. The lowest BCUT2D eigenvalue weighted by Crippen LogP contribution is -2.31. The highest BCUT2D eigenvalue weighted by Gasteiger charge is 2.29. The van der Waals surface area contributed by atoms with E-state index in [1.54, 1.807) is 11.0 Å². The molecule has 1 aliphatic heterocycles. The number of amides is 1. The molecule has 7 heteroatoms. The van der Waals surface area contributed by atoms with E-state index < -0.39 is 0 Å². The lowest BCUT2D eigenvalue weighted by molar-refractivity contribution is -0.122. The van der Waals surface area contributed by atoms with E-state index in [0.29, 0.717) is 24.0 Å². The Balaban J connectivity index is 1.70. The molecule has 0 bridgehead atoms. The van der Waals surface area contributed by atoms with Crippen molar-refractivity contribution in [2.45, 2.75) is 20.0 Å². The average Bonchev–Trinajstić information content (AvgIpc) is 2.90. The first kappa shape index (κ1) is 20.3. The third-order valence-electron chi connectivity index (χ3n) is 3.98. The number of rotatable bonds is 6. The van der Waals surface area contributed by atoms with Crippen LogP contribution < -0.4 is 10.1 Å². The number of benzene rings is 2. The van der Waals surface area contributed by atoms with Gasteiger partial charge >= 0.3 is 0 Å². The minimum atomic E-state index is -0.0861. The Kier molecular flexibility index (Phi) is 6.88. The minimum Gasteiger partial charge on any atom is -0.488 e. The molecule has 1 aliphatic rings. The number of nitrogens with zero attached hydrogens (tertiary/aromatic N) is 1. The SMILES string of the molecule is CCCN1C(=O)/C(=C/c2ccc(OCc3ccc(I)cc3)c(Br)c2)NC1=S. The molecule has 0 radical (unpaired) electrons. The second-order valence-electron chi connectivity index (χ2n) is 6.05. The fraction of sp³-hybridized carbons (Fsp3) is 0.200. The van der Waals surface area contributed by atoms with E-state index in [-0.39, 0.29) is 5.91 Å². The van der Waals surface area contributed by atoms with Crippen LogP contribution in [0.2, 0.25) is 0 Å². The molecule has 140 valence electrons. The zero-order chi connectivity index (χ0) is 19.4. The van der Waals surface area contributed by atoms with E-state index in [0.717, 1.165) is 27.8 Å². The molecule has 0 unspecified atom stereocenters. The van der Waals surface area contributed by atoms with Crippen LogP contribution in [0.1, 0.15) is 24.5 Å². The molecule has 2 aromatic rings. The van der Waals surface area contributed by atoms with Crippen molar-refractivity contribution in [3.05, 3.63) is 67.3 Å². The Bertz CT molecular complexity index is 899. The lowest BCUT2D eigenvalue weighted by atomic mass is 10.2. The van der Waals surface area contributed by atoms with Crippen molar-refractivity contribution in [2.75, 3.05) is 6.54 Å². The largest absolute Gasteiger partial charge is 0.488 e. The third kappa shape index (κ3) is 5.08. The minimum absolute atomic E-state index is 0.0861. The summed E-state index contributed by atoms with van der Waals surface area (Å²) in [4.78, 5) is 14.0. The van der Waals surface area contributed by atoms with Gasteiger partial charge in [-0.05, 0) is 98.6 Å². The number of halogens is 2. The molecule has 27 heavy (non-hydrogen) atoms. The first-order valence-electron chi connectivity index (χ1n) is 8.49. The standard InChI is InChI=1S/C20H18BrIN2O2S/c1-2-9-24-19(25)17(23-20(24)27)11-14-5-8-18(16(21)10-14)26-12-13-3-6-15(22)7-4-13/h3-8,10-11H,2,9,12H2,1H3,(H,23,27)/b17-11-. The molecule has 0 saturated carbocycles. The maximum Gasteiger partial charge on any atom is 0.276 e. The van der Waals surface area contributed by atoms with E-state index >= 15 is 0 Å². The van der Waals surface area contributed by atoms with Crippen LogP contribution in [0.15, 0.2) is 52.6 Å². The second-order valence-corrected chi connectivity index (χ2v) is 8.54. The highest BCUT2D eigenvalue weighted by Crippen LogP contribution is 2.28. The van der Waals surface area contributed by atoms with Crippen molar-refractivity contribution < 1.29 is 9.53 Å². The molecule has 0 atom stereocenters. The average molecular weight is 557 g/mol. The molecule has 1 amide bonds. The van der Waals surface area contributed by atoms with Gasteiger partial charge in [0.1, 0.15) is 18.1 Å². The van der Waals surface area contributed by atoms with E-state index in [1.165, 1.54) is 3.57 Å². The van der Waals surface area contributed by atoms with Crippen LogP contribution in [-0.4, -0.2) is 22.5 Å². The molecular weight excluding hydrogens is 539 g/mol. The highest BCUT2D eigenvalue weighted by molar-refractivity contribution is 14.1. The first-order chi connectivity index (χ1) is 13.0. The van der Waals surface area contributed by atoms with E-state index in [2.05, 4.69) is 68.1 Å². The summed E-state index contributed by atoms with van der Waals surface area (Å²) in [6.07, 6.45) is 2.66. The van der Waals surface area contributed by atoms with Crippen LogP contribution in [0.25, 0.3) is 6.08 Å². The summed E-state index contributed by atoms with van der Waals surface area (Å²) < 4.78 is 7.92. The van der Waals surface area contributed by atoms with Crippen LogP contribution in [-0.2, 0) is 11.4 Å². The number of carbonyl (C=O) groups is 1. The van der Waals surface area contributed by atoms with Gasteiger partial charge in [-0.2, -0.15) is 0 Å². The molecular formula is C20H18BrIN2O2S. The molecule has 1 fully saturated rings. The molecule has 0 aromatic heterocycles. The molecule has 1 heterocycles. The summed E-state index contributed by atoms with van der Waals surface area (Å²) in [6, 6.07) is 14.0. The van der Waals surface area contributed by atoms with E-state index in [1.807, 2.05) is 25.1 Å². The van der Waals surface area contributed by atoms with Crippen molar-refractivity contribution in [3.8, 4) is 5.75 Å². The molecule has 0 aliphatic carbocycles. The summed E-state index contributed by atoms with van der Waals surface area (Å²) >= 11 is 11.1. The summed E-state index contributed by atoms with van der Waals surface area (Å²) in [7, 11) is 0. The first-order valence-corrected chi connectivity index (χ1v) is 10.8. The Hall–Kier alpha value is -1.45. The number of hydrogen-bond donors (Lipinski definition) is 1. The van der Waals surface area contributed by atoms with Crippen molar-refractivity contribution in [1.82, 2.24) is 10.2 Å². The van der Waals surface area contributed by atoms with Gasteiger partial charge in [0.2, 0.25) is 0 Å². The van der Waals surface area contributed by atoms with Crippen molar-refractivity contribution in [1.29, 1.82) is 0 Å². The molecule has 1 N–H and O–H groups in total. The normalized spacial score (nSPS) is 15.4. The van der Waals surface area contributed by atoms with Gasteiger partial charge in [-0.25, -0.2) is 0 Å². The Labute approximate surface area is 186 Å². The van der Waals surface area contributed by atoms with Gasteiger partial charge in [0, 0.05) is 10.1 Å². The summed E-state index contributed by atoms with van der Waals surface area (Å²) in [5, 5.41) is 3.46. The maximum absolute atomic E-state index is 12.4. The molecule has 3 rings (SSSR count). The summed E-state index contributed by atoms with van der Waals surface area (Å²) in [5.74, 6) is 0.668. The molecule has 0 spiro atoms. The highest BCUT2D eigenvalue weighted by atomic mass is 127. The monoisotopic (exact) mass is 556 g/mol. The fourth-order valence-corrected chi connectivity index (χ4v) is 3.79. The van der Waals surface area contributed by atoms with Crippen LogP contribution in [0, 0.1) is 3.57 Å². The van der Waals surface area contributed by atoms with Gasteiger partial charge < -0.3 is 10.1 Å². The van der Waals surface area contributed by atoms with Crippen LogP contribution >= 0.6 is 50.7 Å². The smallest absolute Gasteiger partial charge is 0.276 e. The van der Waals surface area contributed by atoms with Gasteiger partial charge in [0.05, 0.1) is 4.47 Å². The Morgan fingerprint density at radius 2 is 2.00 bits per heavy atom. The number of hydrogen-bond acceptors (Lipinski definition) is 3. The van der Waals surface area contributed by atoms with Gasteiger partial charge in [-0.15, -0.1) is 0 Å². The summed E-state index contributed by atoms with van der Waals surface area (Å²) in [6.45, 7) is 3.14. The van der Waals surface area contributed by atoms with Crippen molar-refractivity contribution in [2.24, 2.45) is 0 Å². The zero-order valence-electron chi connectivity index (χ0n) is 14.7.